The summed E-state index contributed by atoms with van der Waals surface area (Å²) < 4.78 is 37.0. The first-order valence-corrected chi connectivity index (χ1v) is 4.69. The molecule has 2 rings (SSSR count). The molecule has 3 nitrogen and oxygen atoms in total. The molecule has 0 saturated carbocycles. The zero-order valence-electron chi connectivity index (χ0n) is 8.45. The second-order valence-corrected chi connectivity index (χ2v) is 3.35. The fraction of sp³-hybridized carbons (Fsp3) is 0.0909. The van der Waals surface area contributed by atoms with Gasteiger partial charge >= 0.3 is 6.18 Å². The third-order valence-electron chi connectivity index (χ3n) is 2.21. The Labute approximate surface area is 94.0 Å². The molecular formula is C11H7F3N2O. The summed E-state index contributed by atoms with van der Waals surface area (Å²) in [6, 6.07) is 5.10. The quantitative estimate of drug-likeness (QED) is 0.832. The van der Waals surface area contributed by atoms with Crippen molar-refractivity contribution < 1.29 is 13.2 Å². The number of pyridine rings is 2. The van der Waals surface area contributed by atoms with Gasteiger partial charge in [0.2, 0.25) is 0 Å². The van der Waals surface area contributed by atoms with Gasteiger partial charge in [0.25, 0.3) is 5.56 Å². The highest BCUT2D eigenvalue weighted by molar-refractivity contribution is 5.61. The van der Waals surface area contributed by atoms with Gasteiger partial charge in [-0.2, -0.15) is 13.2 Å². The zero-order valence-corrected chi connectivity index (χ0v) is 8.45. The van der Waals surface area contributed by atoms with E-state index >= 15 is 0 Å². The van der Waals surface area contributed by atoms with Crippen molar-refractivity contribution in [2.24, 2.45) is 0 Å². The predicted octanol–water partition coefficient (Wildman–Crippen LogP) is 2.46. The molecule has 0 aromatic carbocycles. The minimum absolute atomic E-state index is 0.181. The van der Waals surface area contributed by atoms with E-state index in [2.05, 4.69) is 4.98 Å². The summed E-state index contributed by atoms with van der Waals surface area (Å²) in [7, 11) is 0. The van der Waals surface area contributed by atoms with Crippen LogP contribution in [-0.2, 0) is 6.18 Å². The van der Waals surface area contributed by atoms with Crippen LogP contribution in [0.3, 0.4) is 0 Å². The number of hydrogen-bond acceptors (Lipinski definition) is 2. The van der Waals surface area contributed by atoms with Crippen molar-refractivity contribution in [3.8, 4) is 11.1 Å². The summed E-state index contributed by atoms with van der Waals surface area (Å²) in [5.41, 5.74) is -1.12. The molecule has 2 heterocycles. The van der Waals surface area contributed by atoms with Gasteiger partial charge in [0.05, 0.1) is 0 Å². The maximum Gasteiger partial charge on any atom is 0.431 e. The van der Waals surface area contributed by atoms with E-state index in [0.717, 1.165) is 12.1 Å². The Kier molecular flexibility index (Phi) is 2.71. The molecule has 0 atom stereocenters. The summed E-state index contributed by atoms with van der Waals surface area (Å²) in [5.74, 6) is 0. The van der Waals surface area contributed by atoms with E-state index in [1.54, 1.807) is 12.1 Å². The Bertz CT molecular complexity index is 575. The van der Waals surface area contributed by atoms with E-state index < -0.39 is 17.4 Å². The third-order valence-corrected chi connectivity index (χ3v) is 2.21. The number of rotatable bonds is 1. The number of aromatic amines is 1. The largest absolute Gasteiger partial charge is 0.431 e. The van der Waals surface area contributed by atoms with Gasteiger partial charge in [-0.25, -0.2) is 0 Å². The maximum absolute atomic E-state index is 12.3. The molecule has 88 valence electrons. The highest BCUT2D eigenvalue weighted by Gasteiger charge is 2.31. The molecule has 1 N–H and O–H groups in total. The highest BCUT2D eigenvalue weighted by atomic mass is 19.4. The average Bonchev–Trinajstić information content (AvgIpc) is 2.29. The van der Waals surface area contributed by atoms with Crippen LogP contribution < -0.4 is 5.56 Å². The van der Waals surface area contributed by atoms with E-state index in [4.69, 9.17) is 0 Å². The molecule has 0 aliphatic carbocycles. The summed E-state index contributed by atoms with van der Waals surface area (Å²) in [5, 5.41) is 0. The SMILES string of the molecule is O=c1[nH]c(C(F)(F)F)ccc1-c1ccncc1. The van der Waals surface area contributed by atoms with E-state index in [9.17, 15) is 18.0 Å². The minimum atomic E-state index is -4.55. The first kappa shape index (κ1) is 11.4. The molecule has 0 aliphatic rings. The lowest BCUT2D eigenvalue weighted by molar-refractivity contribution is -0.141. The molecule has 0 saturated heterocycles. The van der Waals surface area contributed by atoms with Crippen molar-refractivity contribution >= 4 is 0 Å². The van der Waals surface area contributed by atoms with Crippen molar-refractivity contribution in [3.05, 3.63) is 52.7 Å². The second kappa shape index (κ2) is 4.04. The fourth-order valence-electron chi connectivity index (χ4n) is 1.40. The number of nitrogens with zero attached hydrogens (tertiary/aromatic N) is 1. The molecule has 0 fully saturated rings. The van der Waals surface area contributed by atoms with Crippen molar-refractivity contribution in [1.82, 2.24) is 9.97 Å². The zero-order chi connectivity index (χ0) is 12.5. The van der Waals surface area contributed by atoms with Gasteiger partial charge < -0.3 is 4.98 Å². The van der Waals surface area contributed by atoms with Crippen LogP contribution in [0.4, 0.5) is 13.2 Å². The molecular weight excluding hydrogens is 233 g/mol. The predicted molar refractivity (Wildman–Crippen MR) is 55.3 cm³/mol. The van der Waals surface area contributed by atoms with Crippen LogP contribution in [0.25, 0.3) is 11.1 Å². The Hall–Kier alpha value is -2.11. The summed E-state index contributed by atoms with van der Waals surface area (Å²) in [6.45, 7) is 0. The van der Waals surface area contributed by atoms with Crippen LogP contribution in [0.1, 0.15) is 5.69 Å². The first-order chi connectivity index (χ1) is 7.98. The van der Waals surface area contributed by atoms with Gasteiger partial charge in [-0.1, -0.05) is 0 Å². The van der Waals surface area contributed by atoms with E-state index in [1.807, 2.05) is 4.98 Å². The average molecular weight is 240 g/mol. The standard InChI is InChI=1S/C11H7F3N2O/c12-11(13,14)9-2-1-8(10(17)16-9)7-3-5-15-6-4-7/h1-6H,(H,16,17). The molecule has 0 amide bonds. The Morgan fingerprint density at radius 2 is 1.71 bits per heavy atom. The van der Waals surface area contributed by atoms with Crippen LogP contribution in [0.2, 0.25) is 0 Å². The molecule has 6 heteroatoms. The van der Waals surface area contributed by atoms with Crippen molar-refractivity contribution in [2.45, 2.75) is 6.18 Å². The molecule has 0 aliphatic heterocycles. The van der Waals surface area contributed by atoms with Gasteiger partial charge in [0, 0.05) is 18.0 Å². The fourth-order valence-corrected chi connectivity index (χ4v) is 1.40. The van der Waals surface area contributed by atoms with Crippen molar-refractivity contribution in [1.29, 1.82) is 0 Å². The third kappa shape index (κ3) is 2.35. The minimum Gasteiger partial charge on any atom is -0.318 e. The highest BCUT2D eigenvalue weighted by Crippen LogP contribution is 2.27. The molecule has 2 aromatic rings. The molecule has 17 heavy (non-hydrogen) atoms. The number of nitrogens with one attached hydrogen (secondary N) is 1. The van der Waals surface area contributed by atoms with Crippen LogP contribution in [0, 0.1) is 0 Å². The number of aromatic nitrogens is 2. The van der Waals surface area contributed by atoms with E-state index in [0.29, 0.717) is 5.56 Å². The lowest BCUT2D eigenvalue weighted by atomic mass is 10.1. The molecule has 0 bridgehead atoms. The topological polar surface area (TPSA) is 45.8 Å². The maximum atomic E-state index is 12.3. The van der Waals surface area contributed by atoms with Crippen LogP contribution in [0.15, 0.2) is 41.5 Å². The monoisotopic (exact) mass is 240 g/mol. The summed E-state index contributed by atoms with van der Waals surface area (Å²) in [6.07, 6.45) is -1.62. The van der Waals surface area contributed by atoms with Crippen LogP contribution >= 0.6 is 0 Å². The summed E-state index contributed by atoms with van der Waals surface area (Å²) in [4.78, 5) is 17.1. The summed E-state index contributed by atoms with van der Waals surface area (Å²) >= 11 is 0. The van der Waals surface area contributed by atoms with E-state index in [-0.39, 0.29) is 5.56 Å². The van der Waals surface area contributed by atoms with E-state index in [1.165, 1.54) is 12.4 Å². The van der Waals surface area contributed by atoms with Crippen molar-refractivity contribution in [3.63, 3.8) is 0 Å². The molecule has 0 unspecified atom stereocenters. The number of alkyl halides is 3. The number of H-pyrrole nitrogens is 1. The lowest BCUT2D eigenvalue weighted by Gasteiger charge is -2.07. The Balaban J connectivity index is 2.51. The van der Waals surface area contributed by atoms with Crippen LogP contribution in [-0.4, -0.2) is 9.97 Å². The van der Waals surface area contributed by atoms with Crippen molar-refractivity contribution in [2.75, 3.05) is 0 Å². The van der Waals surface area contributed by atoms with Gasteiger partial charge in [0.1, 0.15) is 5.69 Å². The Morgan fingerprint density at radius 1 is 1.06 bits per heavy atom. The van der Waals surface area contributed by atoms with Gasteiger partial charge in [0.15, 0.2) is 0 Å². The molecule has 0 radical (unpaired) electrons. The van der Waals surface area contributed by atoms with Gasteiger partial charge in [-0.15, -0.1) is 0 Å². The smallest absolute Gasteiger partial charge is 0.318 e. The second-order valence-electron chi connectivity index (χ2n) is 3.35. The van der Waals surface area contributed by atoms with Crippen LogP contribution in [0.5, 0.6) is 0 Å². The van der Waals surface area contributed by atoms with Gasteiger partial charge in [-0.3, -0.25) is 9.78 Å². The number of halogens is 3. The van der Waals surface area contributed by atoms with Gasteiger partial charge in [-0.05, 0) is 29.8 Å². The number of hydrogen-bond donors (Lipinski definition) is 1. The normalized spacial score (nSPS) is 11.5. The Morgan fingerprint density at radius 3 is 2.24 bits per heavy atom. The molecule has 2 aromatic heterocycles. The molecule has 0 spiro atoms. The first-order valence-electron chi connectivity index (χ1n) is 4.69. The lowest BCUT2D eigenvalue weighted by Crippen LogP contribution is -2.17.